The van der Waals surface area contributed by atoms with Gasteiger partial charge in [0.2, 0.25) is 5.91 Å². The van der Waals surface area contributed by atoms with Gasteiger partial charge in [-0.1, -0.05) is 24.3 Å². The first kappa shape index (κ1) is 22.1. The number of ether oxygens (including phenoxy) is 1. The first-order valence-corrected chi connectivity index (χ1v) is 10.4. The van der Waals surface area contributed by atoms with Gasteiger partial charge < -0.3 is 19.8 Å². The van der Waals surface area contributed by atoms with Gasteiger partial charge in [0.05, 0.1) is 31.6 Å². The number of nitrogens with one attached hydrogen (secondary N) is 3. The number of benzene rings is 2. The molecule has 33 heavy (non-hydrogen) atoms. The molecule has 1 unspecified atom stereocenters. The topological polar surface area (TPSA) is 108 Å². The molecule has 0 saturated carbocycles. The van der Waals surface area contributed by atoms with Gasteiger partial charge in [0.15, 0.2) is 0 Å². The normalized spacial score (nSPS) is 15.3. The molecule has 3 N–H and O–H groups in total. The van der Waals surface area contributed by atoms with E-state index in [1.54, 1.807) is 48.7 Å². The highest BCUT2D eigenvalue weighted by molar-refractivity contribution is 5.96. The average molecular weight is 450 g/mol. The molecule has 1 saturated heterocycles. The fourth-order valence-electron chi connectivity index (χ4n) is 3.51. The first-order chi connectivity index (χ1) is 15.9. The highest BCUT2D eigenvalue weighted by atomic mass is 19.1. The van der Waals surface area contributed by atoms with Gasteiger partial charge in [0.1, 0.15) is 23.5 Å². The van der Waals surface area contributed by atoms with Gasteiger partial charge in [-0.25, -0.2) is 9.18 Å². The highest BCUT2D eigenvalue weighted by Gasteiger charge is 2.32. The van der Waals surface area contributed by atoms with Gasteiger partial charge in [-0.3, -0.25) is 15.1 Å². The Morgan fingerprint density at radius 3 is 2.64 bits per heavy atom. The summed E-state index contributed by atoms with van der Waals surface area (Å²) in [5.41, 5.74) is 2.07. The molecule has 8 nitrogen and oxygen atoms in total. The molecule has 1 atom stereocenters. The summed E-state index contributed by atoms with van der Waals surface area (Å²) in [5, 5.41) is 13.7. The van der Waals surface area contributed by atoms with Crippen LogP contribution in [0, 0.1) is 11.2 Å². The molecule has 3 aromatic rings. The van der Waals surface area contributed by atoms with Crippen molar-refractivity contribution in [1.82, 2.24) is 10.6 Å². The summed E-state index contributed by atoms with van der Waals surface area (Å²) in [6.45, 7) is 2.21. The molecule has 1 fully saturated rings. The number of anilines is 1. The summed E-state index contributed by atoms with van der Waals surface area (Å²) in [7, 11) is 0. The van der Waals surface area contributed by atoms with Crippen LogP contribution < -0.4 is 15.5 Å². The molecule has 1 aromatic heterocycles. The number of furan rings is 1. The van der Waals surface area contributed by atoms with Gasteiger partial charge in [-0.05, 0) is 35.9 Å². The number of amidine groups is 1. The minimum Gasteiger partial charge on any atom is -0.467 e. The fraction of sp³-hybridized carbons (Fsp3) is 0.208. The van der Waals surface area contributed by atoms with Crippen molar-refractivity contribution in [3.8, 4) is 11.1 Å². The maximum atomic E-state index is 14.9. The monoisotopic (exact) mass is 450 g/mol. The average Bonchev–Trinajstić information content (AvgIpc) is 3.45. The van der Waals surface area contributed by atoms with Crippen molar-refractivity contribution in [2.45, 2.75) is 19.6 Å². The number of hydrogen-bond acceptors (Lipinski definition) is 5. The number of rotatable bonds is 7. The Morgan fingerprint density at radius 1 is 1.18 bits per heavy atom. The van der Waals surface area contributed by atoms with Gasteiger partial charge in [-0.15, -0.1) is 0 Å². The number of nitrogens with zero attached hydrogens (tertiary/aromatic N) is 1. The minimum absolute atomic E-state index is 0.204. The van der Waals surface area contributed by atoms with Crippen molar-refractivity contribution in [2.75, 3.05) is 18.0 Å². The minimum atomic E-state index is -0.581. The Morgan fingerprint density at radius 2 is 1.97 bits per heavy atom. The summed E-state index contributed by atoms with van der Waals surface area (Å²) in [6.07, 6.45) is 0.502. The largest absolute Gasteiger partial charge is 0.467 e. The molecule has 2 aromatic carbocycles. The maximum absolute atomic E-state index is 14.9. The van der Waals surface area contributed by atoms with Crippen LogP contribution >= 0.6 is 0 Å². The molecule has 1 aliphatic rings. The Kier molecular flexibility index (Phi) is 6.39. The van der Waals surface area contributed by atoms with Crippen molar-refractivity contribution < 1.29 is 23.1 Å². The third-order valence-electron chi connectivity index (χ3n) is 5.22. The second-order valence-corrected chi connectivity index (χ2v) is 7.60. The van der Waals surface area contributed by atoms with E-state index in [9.17, 15) is 14.0 Å². The predicted molar refractivity (Wildman–Crippen MR) is 121 cm³/mol. The van der Waals surface area contributed by atoms with E-state index in [2.05, 4.69) is 10.6 Å². The molecule has 170 valence electrons. The van der Waals surface area contributed by atoms with Gasteiger partial charge in [0, 0.05) is 18.1 Å². The van der Waals surface area contributed by atoms with E-state index in [1.165, 1.54) is 17.9 Å². The maximum Gasteiger partial charge on any atom is 0.414 e. The Hall–Kier alpha value is -4.14. The quantitative estimate of drug-likeness (QED) is 0.376. The van der Waals surface area contributed by atoms with Crippen molar-refractivity contribution in [2.24, 2.45) is 0 Å². The van der Waals surface area contributed by atoms with Crippen LogP contribution in [-0.4, -0.2) is 37.0 Å². The standard InChI is InChI=1S/C24H23FN4O4/c1-15(30)27-13-20-14-29(24(31)33-20)18-8-9-21(22(25)11-18)16-4-6-17(7-5-16)23(26)28-12-19-3-2-10-32-19/h2-11,20H,12-14H2,1H3,(H2,26,28)(H,27,30). The van der Waals surface area contributed by atoms with Crippen LogP contribution in [0.2, 0.25) is 0 Å². The Balaban J connectivity index is 1.42. The molecular formula is C24H23FN4O4. The van der Waals surface area contributed by atoms with E-state index < -0.39 is 18.0 Å². The molecule has 2 heterocycles. The van der Waals surface area contributed by atoms with Crippen molar-refractivity contribution >= 4 is 23.5 Å². The summed E-state index contributed by atoms with van der Waals surface area (Å²) in [6, 6.07) is 15.1. The second-order valence-electron chi connectivity index (χ2n) is 7.60. The zero-order chi connectivity index (χ0) is 23.4. The van der Waals surface area contributed by atoms with Crippen LogP contribution in [0.4, 0.5) is 14.9 Å². The summed E-state index contributed by atoms with van der Waals surface area (Å²) in [4.78, 5) is 24.6. The highest BCUT2D eigenvalue weighted by Crippen LogP contribution is 2.29. The molecule has 1 aliphatic heterocycles. The van der Waals surface area contributed by atoms with Crippen LogP contribution in [0.3, 0.4) is 0 Å². The molecule has 0 spiro atoms. The number of carbonyl (C=O) groups is 2. The molecule has 0 bridgehead atoms. The fourth-order valence-corrected chi connectivity index (χ4v) is 3.51. The number of cyclic esters (lactones) is 1. The lowest BCUT2D eigenvalue weighted by atomic mass is 10.0. The third-order valence-corrected chi connectivity index (χ3v) is 5.22. The third kappa shape index (κ3) is 5.20. The molecule has 9 heteroatoms. The molecule has 2 amide bonds. The van der Waals surface area contributed by atoms with E-state index in [4.69, 9.17) is 14.6 Å². The molecule has 0 radical (unpaired) electrons. The van der Waals surface area contributed by atoms with Crippen LogP contribution in [0.15, 0.2) is 65.3 Å². The molecular weight excluding hydrogens is 427 g/mol. The summed E-state index contributed by atoms with van der Waals surface area (Å²) >= 11 is 0. The summed E-state index contributed by atoms with van der Waals surface area (Å²) in [5.74, 6) is 0.260. The van der Waals surface area contributed by atoms with E-state index in [1.807, 2.05) is 6.07 Å². The van der Waals surface area contributed by atoms with Crippen LogP contribution in [0.25, 0.3) is 11.1 Å². The second kappa shape index (κ2) is 9.56. The lowest BCUT2D eigenvalue weighted by Gasteiger charge is -2.15. The van der Waals surface area contributed by atoms with E-state index in [-0.39, 0.29) is 24.8 Å². The zero-order valence-electron chi connectivity index (χ0n) is 17.9. The van der Waals surface area contributed by atoms with Crippen molar-refractivity contribution in [1.29, 1.82) is 5.41 Å². The van der Waals surface area contributed by atoms with E-state index >= 15 is 0 Å². The van der Waals surface area contributed by atoms with Gasteiger partial charge in [0.25, 0.3) is 0 Å². The van der Waals surface area contributed by atoms with Gasteiger partial charge in [-0.2, -0.15) is 0 Å². The number of carbonyl (C=O) groups excluding carboxylic acids is 2. The number of amides is 2. The van der Waals surface area contributed by atoms with Gasteiger partial charge >= 0.3 is 6.09 Å². The predicted octanol–water partition coefficient (Wildman–Crippen LogP) is 3.66. The van der Waals surface area contributed by atoms with Crippen LogP contribution in [0.5, 0.6) is 0 Å². The lowest BCUT2D eigenvalue weighted by molar-refractivity contribution is -0.119. The van der Waals surface area contributed by atoms with E-state index in [0.717, 1.165) is 5.76 Å². The van der Waals surface area contributed by atoms with Crippen molar-refractivity contribution in [3.05, 3.63) is 78.0 Å². The smallest absolute Gasteiger partial charge is 0.414 e. The SMILES string of the molecule is CC(=O)NCC1CN(c2ccc(-c3ccc(C(=N)NCc4ccco4)cc3)c(F)c2)C(=O)O1. The van der Waals surface area contributed by atoms with Crippen molar-refractivity contribution in [3.63, 3.8) is 0 Å². The first-order valence-electron chi connectivity index (χ1n) is 10.4. The summed E-state index contributed by atoms with van der Waals surface area (Å²) < 4.78 is 25.4. The Bertz CT molecular complexity index is 1160. The zero-order valence-corrected chi connectivity index (χ0v) is 17.9. The molecule has 4 rings (SSSR count). The lowest BCUT2D eigenvalue weighted by Crippen LogP contribution is -2.33. The number of hydrogen-bond donors (Lipinski definition) is 3. The van der Waals surface area contributed by atoms with Crippen LogP contribution in [0.1, 0.15) is 18.2 Å². The molecule has 0 aliphatic carbocycles. The van der Waals surface area contributed by atoms with E-state index in [0.29, 0.717) is 28.9 Å². The Labute approximate surface area is 189 Å². The van der Waals surface area contributed by atoms with Crippen LogP contribution in [-0.2, 0) is 16.1 Å². The number of halogens is 1.